The Morgan fingerprint density at radius 3 is 2.29 bits per heavy atom. The largest absolute Gasteiger partial charge is 0.483 e. The molecule has 0 bridgehead atoms. The molecule has 0 spiro atoms. The summed E-state index contributed by atoms with van der Waals surface area (Å²) >= 11 is 3.45. The predicted molar refractivity (Wildman–Crippen MR) is 128 cm³/mol. The fourth-order valence-corrected chi connectivity index (χ4v) is 4.08. The van der Waals surface area contributed by atoms with Crippen LogP contribution in [0.5, 0.6) is 5.75 Å². The third-order valence-electron chi connectivity index (χ3n) is 4.80. The number of nitrogens with zero attached hydrogens (tertiary/aromatic N) is 1. The van der Waals surface area contributed by atoms with Gasteiger partial charge in [0.25, 0.3) is 11.8 Å². The summed E-state index contributed by atoms with van der Waals surface area (Å²) in [6, 6.07) is 20.3. The number of halogens is 1. The molecule has 6 heteroatoms. The highest BCUT2D eigenvalue weighted by atomic mass is 79.9. The van der Waals surface area contributed by atoms with Crippen molar-refractivity contribution >= 4 is 39.1 Å². The first-order valence-corrected chi connectivity index (χ1v) is 10.8. The van der Waals surface area contributed by atoms with Gasteiger partial charge in [-0.05, 0) is 74.4 Å². The van der Waals surface area contributed by atoms with Gasteiger partial charge in [0.2, 0.25) is 0 Å². The molecule has 0 fully saturated rings. The highest BCUT2D eigenvalue weighted by molar-refractivity contribution is 9.10. The van der Waals surface area contributed by atoms with Crippen LogP contribution in [0.2, 0.25) is 0 Å². The summed E-state index contributed by atoms with van der Waals surface area (Å²) in [7, 11) is 0. The molecule has 3 aromatic carbocycles. The SMILES string of the molecule is CCN(C(=O)c1cccc(NC(=O)COc2c(C)cc(Br)cc2C)c1)c1ccccc1. The number of benzene rings is 3. The third kappa shape index (κ3) is 5.73. The number of rotatable bonds is 7. The number of anilines is 2. The van der Waals surface area contributed by atoms with Crippen LogP contribution in [0.1, 0.15) is 28.4 Å². The van der Waals surface area contributed by atoms with Gasteiger partial charge in [-0.15, -0.1) is 0 Å². The highest BCUT2D eigenvalue weighted by Crippen LogP contribution is 2.27. The molecule has 0 atom stereocenters. The van der Waals surface area contributed by atoms with Crippen molar-refractivity contribution in [2.45, 2.75) is 20.8 Å². The number of carbonyl (C=O) groups is 2. The molecular weight excluding hydrogens is 456 g/mol. The van der Waals surface area contributed by atoms with Crippen molar-refractivity contribution in [2.24, 2.45) is 0 Å². The van der Waals surface area contributed by atoms with E-state index in [-0.39, 0.29) is 18.4 Å². The molecule has 0 saturated heterocycles. The average molecular weight is 481 g/mol. The van der Waals surface area contributed by atoms with Crippen molar-refractivity contribution in [3.63, 3.8) is 0 Å². The highest BCUT2D eigenvalue weighted by Gasteiger charge is 2.17. The Morgan fingerprint density at radius 2 is 1.65 bits per heavy atom. The molecule has 3 aromatic rings. The Bertz CT molecular complexity index is 1060. The summed E-state index contributed by atoms with van der Waals surface area (Å²) in [5, 5.41) is 2.81. The Morgan fingerprint density at radius 1 is 0.968 bits per heavy atom. The van der Waals surface area contributed by atoms with E-state index in [2.05, 4.69) is 21.2 Å². The summed E-state index contributed by atoms with van der Waals surface area (Å²) < 4.78 is 6.71. The first-order valence-electron chi connectivity index (χ1n) is 10.1. The van der Waals surface area contributed by atoms with Gasteiger partial charge in [0, 0.05) is 28.0 Å². The quantitative estimate of drug-likeness (QED) is 0.468. The number of carbonyl (C=O) groups excluding carboxylic acids is 2. The first-order chi connectivity index (χ1) is 14.9. The van der Waals surface area contributed by atoms with E-state index in [1.807, 2.05) is 63.2 Å². The molecular formula is C25H25BrN2O3. The zero-order valence-corrected chi connectivity index (χ0v) is 19.4. The van der Waals surface area contributed by atoms with E-state index in [0.29, 0.717) is 23.5 Å². The molecule has 3 rings (SSSR count). The number of hydrogen-bond donors (Lipinski definition) is 1. The van der Waals surface area contributed by atoms with Gasteiger partial charge in [-0.2, -0.15) is 0 Å². The first kappa shape index (κ1) is 22.6. The molecule has 0 radical (unpaired) electrons. The van der Waals surface area contributed by atoms with E-state index in [4.69, 9.17) is 4.74 Å². The molecule has 0 aromatic heterocycles. The molecule has 0 heterocycles. The van der Waals surface area contributed by atoms with E-state index in [0.717, 1.165) is 21.3 Å². The zero-order valence-electron chi connectivity index (χ0n) is 17.8. The third-order valence-corrected chi connectivity index (χ3v) is 5.25. The van der Waals surface area contributed by atoms with E-state index in [1.54, 1.807) is 29.2 Å². The minimum absolute atomic E-state index is 0.118. The lowest BCUT2D eigenvalue weighted by Gasteiger charge is -2.21. The van der Waals surface area contributed by atoms with Gasteiger partial charge >= 0.3 is 0 Å². The lowest BCUT2D eigenvalue weighted by atomic mass is 10.1. The lowest BCUT2D eigenvalue weighted by molar-refractivity contribution is -0.118. The van der Waals surface area contributed by atoms with Crippen LogP contribution in [0.3, 0.4) is 0 Å². The second-order valence-electron chi connectivity index (χ2n) is 7.17. The van der Waals surface area contributed by atoms with E-state index in [9.17, 15) is 9.59 Å². The van der Waals surface area contributed by atoms with Gasteiger partial charge in [0.05, 0.1) is 0 Å². The molecule has 0 saturated carbocycles. The van der Waals surface area contributed by atoms with Crippen molar-refractivity contribution in [3.05, 3.63) is 87.9 Å². The van der Waals surface area contributed by atoms with Crippen molar-refractivity contribution in [1.29, 1.82) is 0 Å². The van der Waals surface area contributed by atoms with Crippen LogP contribution in [0.15, 0.2) is 71.2 Å². The van der Waals surface area contributed by atoms with Gasteiger partial charge in [-0.3, -0.25) is 9.59 Å². The molecule has 2 amide bonds. The minimum Gasteiger partial charge on any atom is -0.483 e. The minimum atomic E-state index is -0.290. The fourth-order valence-electron chi connectivity index (χ4n) is 3.40. The Labute approximate surface area is 191 Å². The maximum absolute atomic E-state index is 13.0. The summed E-state index contributed by atoms with van der Waals surface area (Å²) in [6.07, 6.45) is 0. The van der Waals surface area contributed by atoms with Crippen LogP contribution in [0.25, 0.3) is 0 Å². The van der Waals surface area contributed by atoms with Crippen molar-refractivity contribution in [1.82, 2.24) is 0 Å². The molecule has 5 nitrogen and oxygen atoms in total. The van der Waals surface area contributed by atoms with Gasteiger partial charge in [-0.25, -0.2) is 0 Å². The normalized spacial score (nSPS) is 10.5. The second-order valence-corrected chi connectivity index (χ2v) is 8.09. The molecule has 1 N–H and O–H groups in total. The van der Waals surface area contributed by atoms with Gasteiger partial charge in [-0.1, -0.05) is 40.2 Å². The van der Waals surface area contributed by atoms with Crippen LogP contribution in [0, 0.1) is 13.8 Å². The molecule has 31 heavy (non-hydrogen) atoms. The van der Waals surface area contributed by atoms with E-state index >= 15 is 0 Å². The van der Waals surface area contributed by atoms with Gasteiger partial charge in [0.15, 0.2) is 6.61 Å². The van der Waals surface area contributed by atoms with Crippen molar-refractivity contribution in [3.8, 4) is 5.75 Å². The average Bonchev–Trinajstić information content (AvgIpc) is 2.74. The number of para-hydroxylation sites is 1. The summed E-state index contributed by atoms with van der Waals surface area (Å²) in [5.74, 6) is 0.285. The lowest BCUT2D eigenvalue weighted by Crippen LogP contribution is -2.30. The summed E-state index contributed by atoms with van der Waals surface area (Å²) in [4.78, 5) is 27.1. The van der Waals surface area contributed by atoms with Crippen molar-refractivity contribution in [2.75, 3.05) is 23.4 Å². The van der Waals surface area contributed by atoms with E-state index in [1.165, 1.54) is 0 Å². The van der Waals surface area contributed by atoms with Gasteiger partial charge < -0.3 is 15.0 Å². The molecule has 0 aliphatic carbocycles. The van der Waals surface area contributed by atoms with Crippen LogP contribution in [-0.2, 0) is 4.79 Å². The number of amides is 2. The Hall–Kier alpha value is -3.12. The maximum Gasteiger partial charge on any atom is 0.262 e. The molecule has 0 aliphatic heterocycles. The Kier molecular flexibility index (Phi) is 7.47. The van der Waals surface area contributed by atoms with Crippen molar-refractivity contribution < 1.29 is 14.3 Å². The molecule has 160 valence electrons. The van der Waals surface area contributed by atoms with Crippen LogP contribution < -0.4 is 15.0 Å². The van der Waals surface area contributed by atoms with Crippen LogP contribution >= 0.6 is 15.9 Å². The smallest absolute Gasteiger partial charge is 0.262 e. The van der Waals surface area contributed by atoms with Gasteiger partial charge in [0.1, 0.15) is 5.75 Å². The number of aryl methyl sites for hydroxylation is 2. The molecule has 0 unspecified atom stereocenters. The number of hydrogen-bond acceptors (Lipinski definition) is 3. The summed E-state index contributed by atoms with van der Waals surface area (Å²) in [6.45, 7) is 6.23. The maximum atomic E-state index is 13.0. The Balaban J connectivity index is 1.67. The number of nitrogens with one attached hydrogen (secondary N) is 1. The van der Waals surface area contributed by atoms with Crippen LogP contribution in [0.4, 0.5) is 11.4 Å². The topological polar surface area (TPSA) is 58.6 Å². The predicted octanol–water partition coefficient (Wildman–Crippen LogP) is 5.75. The standard InChI is InChI=1S/C25H25BrN2O3/c1-4-28(22-11-6-5-7-12-22)25(30)19-9-8-10-21(15-19)27-23(29)16-31-24-17(2)13-20(26)14-18(24)3/h5-15H,4,16H2,1-3H3,(H,27,29). The van der Waals surface area contributed by atoms with Crippen LogP contribution in [-0.4, -0.2) is 25.0 Å². The second kappa shape index (κ2) is 10.3. The summed E-state index contributed by atoms with van der Waals surface area (Å²) in [5.41, 5.74) is 3.79. The number of ether oxygens (including phenoxy) is 1. The van der Waals surface area contributed by atoms with E-state index < -0.39 is 0 Å². The monoisotopic (exact) mass is 480 g/mol. The zero-order chi connectivity index (χ0) is 22.4. The fraction of sp³-hybridized carbons (Fsp3) is 0.200. The molecule has 0 aliphatic rings.